The first-order valence-corrected chi connectivity index (χ1v) is 9.94. The second-order valence-corrected chi connectivity index (χ2v) is 7.53. The Morgan fingerprint density at radius 1 is 1.20 bits per heavy atom. The molecule has 1 unspecified atom stereocenters. The molecule has 4 rings (SSSR count). The van der Waals surface area contributed by atoms with E-state index in [0.717, 1.165) is 34.0 Å². The van der Waals surface area contributed by atoms with Crippen LogP contribution in [0.1, 0.15) is 51.7 Å². The molecule has 0 saturated carbocycles. The topological polar surface area (TPSA) is 68.8 Å². The molecule has 154 valence electrons. The number of rotatable bonds is 6. The zero-order valence-corrected chi connectivity index (χ0v) is 17.6. The van der Waals surface area contributed by atoms with Crippen molar-refractivity contribution in [2.45, 2.75) is 40.3 Å². The molecule has 1 amide bonds. The lowest BCUT2D eigenvalue weighted by Gasteiger charge is -2.13. The number of benzene rings is 1. The van der Waals surface area contributed by atoms with Gasteiger partial charge in [-0.05, 0) is 69.7 Å². The van der Waals surface area contributed by atoms with Crippen LogP contribution in [0.3, 0.4) is 0 Å². The third kappa shape index (κ3) is 4.08. The molecule has 0 radical (unpaired) electrons. The number of carbonyl (C=O) groups excluding carboxylic acids is 1. The van der Waals surface area contributed by atoms with Crippen LogP contribution in [0.5, 0.6) is 5.75 Å². The summed E-state index contributed by atoms with van der Waals surface area (Å²) < 4.78 is 13.4. The smallest absolute Gasteiger partial charge is 0.251 e. The number of aryl methyl sites for hydroxylation is 3. The highest BCUT2D eigenvalue weighted by molar-refractivity contribution is 5.94. The predicted octanol–water partition coefficient (Wildman–Crippen LogP) is 4.92. The Morgan fingerprint density at radius 2 is 1.97 bits per heavy atom. The first-order chi connectivity index (χ1) is 14.4. The van der Waals surface area contributed by atoms with Crippen molar-refractivity contribution < 1.29 is 13.9 Å². The van der Waals surface area contributed by atoms with E-state index in [-0.39, 0.29) is 11.9 Å². The maximum absolute atomic E-state index is 12.6. The van der Waals surface area contributed by atoms with Gasteiger partial charge in [0.1, 0.15) is 29.5 Å². The molecule has 3 aromatic heterocycles. The molecule has 30 heavy (non-hydrogen) atoms. The third-order valence-electron chi connectivity index (χ3n) is 5.12. The molecular weight excluding hydrogens is 378 g/mol. The second kappa shape index (κ2) is 8.06. The van der Waals surface area contributed by atoms with Crippen LogP contribution in [0.15, 0.2) is 59.3 Å². The largest absolute Gasteiger partial charge is 0.487 e. The Kier molecular flexibility index (Phi) is 5.31. The van der Waals surface area contributed by atoms with Gasteiger partial charge in [0, 0.05) is 23.5 Å². The number of pyridine rings is 1. The number of nitrogens with zero attached hydrogens (tertiary/aromatic N) is 2. The van der Waals surface area contributed by atoms with Gasteiger partial charge < -0.3 is 18.9 Å². The first-order valence-electron chi connectivity index (χ1n) is 9.94. The van der Waals surface area contributed by atoms with E-state index in [4.69, 9.17) is 9.15 Å². The molecule has 6 heteroatoms. The van der Waals surface area contributed by atoms with Gasteiger partial charge in [0.15, 0.2) is 0 Å². The van der Waals surface area contributed by atoms with E-state index in [1.165, 1.54) is 0 Å². The summed E-state index contributed by atoms with van der Waals surface area (Å²) in [4.78, 5) is 17.2. The van der Waals surface area contributed by atoms with Crippen molar-refractivity contribution in [3.63, 3.8) is 0 Å². The summed E-state index contributed by atoms with van der Waals surface area (Å²) in [7, 11) is 0. The molecule has 0 fully saturated rings. The number of fused-ring (bicyclic) bond motifs is 1. The van der Waals surface area contributed by atoms with Crippen molar-refractivity contribution >= 4 is 11.6 Å². The van der Waals surface area contributed by atoms with Crippen LogP contribution in [-0.2, 0) is 6.61 Å². The van der Waals surface area contributed by atoms with Gasteiger partial charge in [-0.15, -0.1) is 0 Å². The lowest BCUT2D eigenvalue weighted by molar-refractivity contribution is 0.0939. The molecule has 0 bridgehead atoms. The van der Waals surface area contributed by atoms with Crippen LogP contribution in [-0.4, -0.2) is 15.3 Å². The number of aromatic nitrogens is 2. The van der Waals surface area contributed by atoms with Gasteiger partial charge in [0.25, 0.3) is 5.91 Å². The monoisotopic (exact) mass is 403 g/mol. The van der Waals surface area contributed by atoms with Crippen molar-refractivity contribution in [3.05, 3.63) is 88.8 Å². The number of carbonyl (C=O) groups is 1. The molecule has 4 aromatic rings. The average molecular weight is 403 g/mol. The van der Waals surface area contributed by atoms with E-state index in [9.17, 15) is 4.79 Å². The lowest BCUT2D eigenvalue weighted by Crippen LogP contribution is -2.26. The summed E-state index contributed by atoms with van der Waals surface area (Å²) in [5.74, 6) is 2.22. The van der Waals surface area contributed by atoms with E-state index < -0.39 is 0 Å². The molecule has 0 aliphatic carbocycles. The molecule has 6 nitrogen and oxygen atoms in total. The van der Waals surface area contributed by atoms with Crippen LogP contribution in [0, 0.1) is 20.8 Å². The van der Waals surface area contributed by atoms with E-state index in [1.807, 2.05) is 62.7 Å². The fraction of sp³-hybridized carbons (Fsp3) is 0.250. The molecule has 0 aliphatic heterocycles. The minimum atomic E-state index is -0.136. The molecule has 1 N–H and O–H groups in total. The molecular formula is C24H25N3O3. The predicted molar refractivity (Wildman–Crippen MR) is 115 cm³/mol. The maximum atomic E-state index is 12.6. The summed E-state index contributed by atoms with van der Waals surface area (Å²) in [5, 5.41) is 3.01. The highest BCUT2D eigenvalue weighted by Crippen LogP contribution is 2.22. The number of ether oxygens (including phenoxy) is 1. The van der Waals surface area contributed by atoms with Gasteiger partial charge in [0.2, 0.25) is 0 Å². The van der Waals surface area contributed by atoms with E-state index in [2.05, 4.69) is 10.3 Å². The minimum Gasteiger partial charge on any atom is -0.487 e. The van der Waals surface area contributed by atoms with Gasteiger partial charge in [0.05, 0.1) is 11.7 Å². The lowest BCUT2D eigenvalue weighted by atomic mass is 10.1. The summed E-state index contributed by atoms with van der Waals surface area (Å²) in [5.41, 5.74) is 4.47. The van der Waals surface area contributed by atoms with Gasteiger partial charge in [-0.3, -0.25) is 4.79 Å². The van der Waals surface area contributed by atoms with Crippen LogP contribution in [0.2, 0.25) is 0 Å². The standard InChI is InChI=1S/C24H25N3O3/c1-15-6-5-11-27-13-20(26-23(15)27)14-29-21-9-7-19(8-10-21)24(28)25-17(3)22-12-16(2)30-18(22)4/h5-13,17H,14H2,1-4H3,(H,25,28). The van der Waals surface area contributed by atoms with Gasteiger partial charge in [-0.2, -0.15) is 0 Å². The number of hydrogen-bond acceptors (Lipinski definition) is 4. The Morgan fingerprint density at radius 3 is 2.63 bits per heavy atom. The highest BCUT2D eigenvalue weighted by atomic mass is 16.5. The zero-order valence-electron chi connectivity index (χ0n) is 17.6. The molecule has 1 atom stereocenters. The van der Waals surface area contributed by atoms with Crippen molar-refractivity contribution in [3.8, 4) is 5.75 Å². The summed E-state index contributed by atoms with van der Waals surface area (Å²) >= 11 is 0. The number of imidazole rings is 1. The highest BCUT2D eigenvalue weighted by Gasteiger charge is 2.16. The van der Waals surface area contributed by atoms with E-state index in [0.29, 0.717) is 17.9 Å². The maximum Gasteiger partial charge on any atom is 0.251 e. The number of furan rings is 1. The fourth-order valence-electron chi connectivity index (χ4n) is 3.57. The first kappa shape index (κ1) is 19.8. The summed E-state index contributed by atoms with van der Waals surface area (Å²) in [6.07, 6.45) is 3.94. The van der Waals surface area contributed by atoms with Crippen molar-refractivity contribution in [1.82, 2.24) is 14.7 Å². The zero-order chi connectivity index (χ0) is 21.3. The second-order valence-electron chi connectivity index (χ2n) is 7.53. The molecule has 3 heterocycles. The molecule has 0 spiro atoms. The Labute approximate surface area is 175 Å². The Hall–Kier alpha value is -3.54. The Balaban J connectivity index is 1.37. The average Bonchev–Trinajstić information content (AvgIpc) is 3.30. The third-order valence-corrected chi connectivity index (χ3v) is 5.12. The molecule has 1 aromatic carbocycles. The summed E-state index contributed by atoms with van der Waals surface area (Å²) in [6, 6.07) is 13.0. The minimum absolute atomic E-state index is 0.135. The number of nitrogens with one attached hydrogen (secondary N) is 1. The van der Waals surface area contributed by atoms with E-state index >= 15 is 0 Å². The normalized spacial score (nSPS) is 12.1. The van der Waals surface area contributed by atoms with Crippen LogP contribution >= 0.6 is 0 Å². The molecule has 0 aliphatic rings. The summed E-state index contributed by atoms with van der Waals surface area (Å²) in [6.45, 7) is 8.15. The van der Waals surface area contributed by atoms with Gasteiger partial charge >= 0.3 is 0 Å². The van der Waals surface area contributed by atoms with Gasteiger partial charge in [-0.25, -0.2) is 4.98 Å². The van der Waals surface area contributed by atoms with Crippen LogP contribution in [0.4, 0.5) is 0 Å². The number of hydrogen-bond donors (Lipinski definition) is 1. The van der Waals surface area contributed by atoms with E-state index in [1.54, 1.807) is 24.3 Å². The van der Waals surface area contributed by atoms with Crippen LogP contribution < -0.4 is 10.1 Å². The van der Waals surface area contributed by atoms with Crippen LogP contribution in [0.25, 0.3) is 5.65 Å². The van der Waals surface area contributed by atoms with Crippen molar-refractivity contribution in [2.24, 2.45) is 0 Å². The Bertz CT molecular complexity index is 1190. The number of amides is 1. The SMILES string of the molecule is Cc1cc(C(C)NC(=O)c2ccc(OCc3cn4cccc(C)c4n3)cc2)c(C)o1. The van der Waals surface area contributed by atoms with Gasteiger partial charge in [-0.1, -0.05) is 6.07 Å². The quantitative estimate of drug-likeness (QED) is 0.496. The molecule has 0 saturated heterocycles. The van der Waals surface area contributed by atoms with Crippen molar-refractivity contribution in [1.29, 1.82) is 0 Å². The fourth-order valence-corrected chi connectivity index (χ4v) is 3.57. The van der Waals surface area contributed by atoms with Crippen molar-refractivity contribution in [2.75, 3.05) is 0 Å².